The Labute approximate surface area is 165 Å². The van der Waals surface area contributed by atoms with Gasteiger partial charge in [0, 0.05) is 5.92 Å². The average Bonchev–Trinajstić information content (AvgIpc) is 2.61. The van der Waals surface area contributed by atoms with E-state index in [1.165, 1.54) is 16.7 Å². The zero-order valence-electron chi connectivity index (χ0n) is 17.1. The lowest BCUT2D eigenvalue weighted by molar-refractivity contribution is 0.148. The molecule has 0 aromatic heterocycles. The average molecular weight is 381 g/mol. The summed E-state index contributed by atoms with van der Waals surface area (Å²) in [5.74, 6) is 1.28. The Kier molecular flexibility index (Phi) is 8.08. The van der Waals surface area contributed by atoms with E-state index >= 15 is 0 Å². The van der Waals surface area contributed by atoms with E-state index in [4.69, 9.17) is 9.16 Å². The lowest BCUT2D eigenvalue weighted by Crippen LogP contribution is -2.33. The van der Waals surface area contributed by atoms with E-state index in [-0.39, 0.29) is 5.92 Å². The molecule has 0 radical (unpaired) electrons. The summed E-state index contributed by atoms with van der Waals surface area (Å²) in [7, 11) is -1.79. The van der Waals surface area contributed by atoms with Crippen LogP contribution in [-0.2, 0) is 11.3 Å². The standard InChI is InChI=1S/C24H32O2Si/c1-6-17-27(4,5)26-24-18-20(2)14-15-23(24)21(3)11-10-16-25-19-22-12-8-7-9-13-22/h6-15,18,21H,1,16-17,19H2,2-5H3/b11-10+/t21-/m0/s1. The van der Waals surface area contributed by atoms with Crippen molar-refractivity contribution < 1.29 is 9.16 Å². The van der Waals surface area contributed by atoms with Gasteiger partial charge in [-0.25, -0.2) is 0 Å². The van der Waals surface area contributed by atoms with Crippen LogP contribution in [0.2, 0.25) is 19.1 Å². The van der Waals surface area contributed by atoms with E-state index in [1.807, 2.05) is 24.3 Å². The van der Waals surface area contributed by atoms with Crippen LogP contribution in [0, 0.1) is 6.92 Å². The fraction of sp³-hybridized carbons (Fsp3) is 0.333. The summed E-state index contributed by atoms with van der Waals surface area (Å²) < 4.78 is 12.2. The number of benzene rings is 2. The first-order valence-corrected chi connectivity index (χ1v) is 12.7. The Bertz CT molecular complexity index is 750. The van der Waals surface area contributed by atoms with Gasteiger partial charge in [0.15, 0.2) is 0 Å². The van der Waals surface area contributed by atoms with E-state index in [9.17, 15) is 0 Å². The van der Waals surface area contributed by atoms with E-state index in [0.717, 1.165) is 11.8 Å². The second-order valence-corrected chi connectivity index (χ2v) is 11.7. The first-order valence-electron chi connectivity index (χ1n) is 9.60. The molecule has 0 aliphatic rings. The second kappa shape index (κ2) is 10.3. The van der Waals surface area contributed by atoms with Crippen LogP contribution in [0.15, 0.2) is 73.3 Å². The molecule has 1 atom stereocenters. The van der Waals surface area contributed by atoms with Crippen molar-refractivity contribution in [2.75, 3.05) is 6.61 Å². The summed E-state index contributed by atoms with van der Waals surface area (Å²) >= 11 is 0. The van der Waals surface area contributed by atoms with Crippen LogP contribution < -0.4 is 4.43 Å². The molecule has 0 saturated carbocycles. The maximum atomic E-state index is 6.46. The minimum absolute atomic E-state index is 0.273. The first-order chi connectivity index (χ1) is 12.9. The quantitative estimate of drug-likeness (QED) is 0.261. The van der Waals surface area contributed by atoms with Crippen molar-refractivity contribution in [2.45, 2.75) is 45.5 Å². The Morgan fingerprint density at radius 1 is 1.11 bits per heavy atom. The number of allylic oxidation sites excluding steroid dienone is 2. The number of hydrogen-bond acceptors (Lipinski definition) is 2. The number of rotatable bonds is 10. The van der Waals surface area contributed by atoms with Crippen molar-refractivity contribution in [3.8, 4) is 5.75 Å². The van der Waals surface area contributed by atoms with Crippen molar-refractivity contribution in [1.82, 2.24) is 0 Å². The predicted octanol–water partition coefficient (Wildman–Crippen LogP) is 6.64. The van der Waals surface area contributed by atoms with Gasteiger partial charge in [0.1, 0.15) is 5.75 Å². The molecule has 0 aliphatic heterocycles. The largest absolute Gasteiger partial charge is 0.544 e. The summed E-state index contributed by atoms with van der Waals surface area (Å²) in [4.78, 5) is 0. The van der Waals surface area contributed by atoms with Crippen molar-refractivity contribution in [3.05, 3.63) is 90.0 Å². The molecule has 144 valence electrons. The summed E-state index contributed by atoms with van der Waals surface area (Å²) in [5, 5.41) is 0. The molecule has 0 fully saturated rings. The fourth-order valence-corrected chi connectivity index (χ4v) is 4.53. The third-order valence-electron chi connectivity index (χ3n) is 4.43. The molecule has 0 N–H and O–H groups in total. The SMILES string of the molecule is C=CC[Si](C)(C)Oc1cc(C)ccc1[C@@H](C)/C=C/COCc1ccccc1. The highest BCUT2D eigenvalue weighted by molar-refractivity contribution is 6.72. The van der Waals surface area contributed by atoms with Crippen LogP contribution in [0.25, 0.3) is 0 Å². The summed E-state index contributed by atoms with van der Waals surface area (Å²) in [6.45, 7) is 13.9. The molecule has 2 nitrogen and oxygen atoms in total. The van der Waals surface area contributed by atoms with E-state index in [0.29, 0.717) is 13.2 Å². The highest BCUT2D eigenvalue weighted by Crippen LogP contribution is 2.31. The Morgan fingerprint density at radius 3 is 2.56 bits per heavy atom. The van der Waals surface area contributed by atoms with Crippen LogP contribution in [-0.4, -0.2) is 14.9 Å². The number of hydrogen-bond donors (Lipinski definition) is 0. The van der Waals surface area contributed by atoms with Gasteiger partial charge in [-0.3, -0.25) is 0 Å². The molecule has 2 rings (SSSR count). The number of ether oxygens (including phenoxy) is 1. The third-order valence-corrected chi connectivity index (χ3v) is 6.48. The molecule has 0 spiro atoms. The summed E-state index contributed by atoms with van der Waals surface area (Å²) in [6, 6.07) is 17.7. The molecule has 0 amide bonds. The topological polar surface area (TPSA) is 18.5 Å². The minimum atomic E-state index is -1.79. The lowest BCUT2D eigenvalue weighted by Gasteiger charge is -2.26. The van der Waals surface area contributed by atoms with E-state index in [1.54, 1.807) is 0 Å². The first kappa shape index (κ1) is 21.2. The van der Waals surface area contributed by atoms with Crippen LogP contribution in [0.4, 0.5) is 0 Å². The van der Waals surface area contributed by atoms with Gasteiger partial charge in [0.2, 0.25) is 8.32 Å². The Hall–Kier alpha value is -2.10. The number of aryl methyl sites for hydroxylation is 1. The maximum Gasteiger partial charge on any atom is 0.248 e. The molecule has 0 bridgehead atoms. The molecule has 0 saturated heterocycles. The van der Waals surface area contributed by atoms with E-state index < -0.39 is 8.32 Å². The predicted molar refractivity (Wildman–Crippen MR) is 118 cm³/mol. The smallest absolute Gasteiger partial charge is 0.248 e. The van der Waals surface area contributed by atoms with Crippen molar-refractivity contribution in [3.63, 3.8) is 0 Å². The molecule has 27 heavy (non-hydrogen) atoms. The van der Waals surface area contributed by atoms with E-state index in [2.05, 4.69) is 76.0 Å². The minimum Gasteiger partial charge on any atom is -0.544 e. The van der Waals surface area contributed by atoms with Crippen LogP contribution in [0.5, 0.6) is 5.75 Å². The van der Waals surface area contributed by atoms with Gasteiger partial charge in [-0.1, -0.05) is 67.6 Å². The third kappa shape index (κ3) is 7.20. The summed E-state index contributed by atoms with van der Waals surface area (Å²) in [6.07, 6.45) is 6.27. The second-order valence-electron chi connectivity index (χ2n) is 7.61. The highest BCUT2D eigenvalue weighted by atomic mass is 28.4. The molecule has 0 unspecified atom stereocenters. The van der Waals surface area contributed by atoms with Gasteiger partial charge < -0.3 is 9.16 Å². The normalized spacial score (nSPS) is 12.9. The van der Waals surface area contributed by atoms with Crippen molar-refractivity contribution >= 4 is 8.32 Å². The van der Waals surface area contributed by atoms with Crippen molar-refractivity contribution in [2.24, 2.45) is 0 Å². The Balaban J connectivity index is 1.98. The van der Waals surface area contributed by atoms with Crippen molar-refractivity contribution in [1.29, 1.82) is 0 Å². The fourth-order valence-electron chi connectivity index (χ4n) is 2.98. The molecular weight excluding hydrogens is 348 g/mol. The van der Waals surface area contributed by atoms with Crippen LogP contribution >= 0.6 is 0 Å². The molecule has 2 aromatic carbocycles. The van der Waals surface area contributed by atoms with Crippen LogP contribution in [0.3, 0.4) is 0 Å². The maximum absolute atomic E-state index is 6.46. The molecule has 0 aliphatic carbocycles. The lowest BCUT2D eigenvalue weighted by atomic mass is 9.98. The zero-order chi connectivity index (χ0) is 19.7. The monoisotopic (exact) mass is 380 g/mol. The Morgan fingerprint density at radius 2 is 1.85 bits per heavy atom. The van der Waals surface area contributed by atoms with Gasteiger partial charge in [0.25, 0.3) is 0 Å². The van der Waals surface area contributed by atoms with Gasteiger partial charge in [-0.15, -0.1) is 6.58 Å². The van der Waals surface area contributed by atoms with Gasteiger partial charge in [-0.05, 0) is 48.8 Å². The zero-order valence-corrected chi connectivity index (χ0v) is 18.1. The molecular formula is C24H32O2Si. The van der Waals surface area contributed by atoms with Gasteiger partial charge >= 0.3 is 0 Å². The molecule has 2 aromatic rings. The molecule has 0 heterocycles. The van der Waals surface area contributed by atoms with Gasteiger partial charge in [0.05, 0.1) is 13.2 Å². The highest BCUT2D eigenvalue weighted by Gasteiger charge is 2.24. The van der Waals surface area contributed by atoms with Gasteiger partial charge in [-0.2, -0.15) is 0 Å². The summed E-state index contributed by atoms with van der Waals surface area (Å²) in [5.41, 5.74) is 3.65. The van der Waals surface area contributed by atoms with Crippen LogP contribution in [0.1, 0.15) is 29.5 Å². The molecule has 3 heteroatoms.